The Morgan fingerprint density at radius 2 is 1.43 bits per heavy atom. The van der Waals surface area contributed by atoms with Crippen LogP contribution < -0.4 is 0 Å². The quantitative estimate of drug-likeness (QED) is 0.109. The van der Waals surface area contributed by atoms with Crippen LogP contribution in [0.2, 0.25) is 0 Å². The molecule has 4 atom stereocenters. The third-order valence-corrected chi connectivity index (χ3v) is 7.80. The van der Waals surface area contributed by atoms with Crippen molar-refractivity contribution in [2.24, 2.45) is 0 Å². The van der Waals surface area contributed by atoms with Gasteiger partial charge in [0.1, 0.15) is 6.61 Å². The molecule has 37 heavy (non-hydrogen) atoms. The summed E-state index contributed by atoms with van der Waals surface area (Å²) < 4.78 is 5.13. The van der Waals surface area contributed by atoms with Crippen LogP contribution in [0, 0.1) is 0 Å². The third kappa shape index (κ3) is 11.3. The summed E-state index contributed by atoms with van der Waals surface area (Å²) >= 11 is 1.68. The first-order valence-electron chi connectivity index (χ1n) is 13.1. The SMILES string of the molecule is C=CC(=O)OCCSc1cc2nc(c1)C[N-][C@@H]1CCCC[C@H]1[N-]CC[N-]C1CCCCC1[N-]C2.[Cl][Mn][Cl].[HH].[HH].[HH].[HH]. The zero-order valence-corrected chi connectivity index (χ0v) is 24.8. The van der Waals surface area contributed by atoms with Gasteiger partial charge in [0.05, 0.1) is 0 Å². The number of halogens is 2. The molecule has 2 saturated carbocycles. The first-order valence-corrected chi connectivity index (χ1v) is 17.3. The van der Waals surface area contributed by atoms with Gasteiger partial charge in [-0.05, 0) is 12.1 Å². The van der Waals surface area contributed by atoms with Crippen LogP contribution >= 0.6 is 32.0 Å². The summed E-state index contributed by atoms with van der Waals surface area (Å²) in [6.45, 7) is 6.64. The Kier molecular flexibility index (Phi) is 15.2. The normalized spacial score (nSPS) is 26.6. The van der Waals surface area contributed by atoms with Gasteiger partial charge in [0, 0.05) is 33.8 Å². The van der Waals surface area contributed by atoms with Gasteiger partial charge in [0.2, 0.25) is 0 Å². The van der Waals surface area contributed by atoms with Gasteiger partial charge in [0.15, 0.2) is 0 Å². The fourth-order valence-corrected chi connectivity index (χ4v) is 5.97. The van der Waals surface area contributed by atoms with E-state index in [9.17, 15) is 4.79 Å². The minimum absolute atomic E-state index is 0. The summed E-state index contributed by atoms with van der Waals surface area (Å²) in [6.07, 6.45) is 10.6. The Labute approximate surface area is 246 Å². The first-order chi connectivity index (χ1) is 18.1. The number of rotatable bonds is 5. The average molecular weight is 618 g/mol. The van der Waals surface area contributed by atoms with Gasteiger partial charge in [-0.2, -0.15) is 37.3 Å². The van der Waals surface area contributed by atoms with E-state index in [1.165, 1.54) is 31.8 Å². The number of nitrogens with zero attached hydrogens (tertiary/aromatic N) is 5. The van der Waals surface area contributed by atoms with Gasteiger partial charge in [-0.1, -0.05) is 57.9 Å². The molecule has 0 aromatic carbocycles. The molecule has 1 aromatic heterocycles. The van der Waals surface area contributed by atoms with Crippen molar-refractivity contribution in [2.45, 2.75) is 93.5 Å². The van der Waals surface area contributed by atoms with E-state index in [0.717, 1.165) is 55.1 Å². The Morgan fingerprint density at radius 1 is 0.973 bits per heavy atom. The fourth-order valence-electron chi connectivity index (χ4n) is 5.13. The van der Waals surface area contributed by atoms with Crippen LogP contribution in [0.4, 0.5) is 0 Å². The monoisotopic (exact) mass is 616 g/mol. The molecule has 1 aliphatic heterocycles. The van der Waals surface area contributed by atoms with E-state index in [0.29, 0.717) is 37.5 Å². The molecule has 7 nitrogen and oxygen atoms in total. The molecule has 0 radical (unpaired) electrons. The molecular formula is C26H45Cl2MnN5O2S-4. The molecule has 4 rings (SSSR count). The second kappa shape index (κ2) is 18.1. The molecule has 2 bridgehead atoms. The largest absolute Gasteiger partial charge is 0 e. The average Bonchev–Trinajstić information content (AvgIpc) is 2.92. The molecule has 2 unspecified atom stereocenters. The molecule has 0 spiro atoms. The van der Waals surface area contributed by atoms with Gasteiger partial charge in [-0.25, -0.2) is 4.79 Å². The number of hydrogen-bond donors (Lipinski definition) is 0. The first kappa shape index (κ1) is 31.2. The topological polar surface area (TPSA) is 95.6 Å². The molecule has 2 heterocycles. The number of aromatic nitrogens is 1. The van der Waals surface area contributed by atoms with Gasteiger partial charge < -0.3 is 26.0 Å². The molecule has 0 N–H and O–H groups in total. The van der Waals surface area contributed by atoms with E-state index >= 15 is 0 Å². The van der Waals surface area contributed by atoms with E-state index < -0.39 is 0 Å². The summed E-state index contributed by atoms with van der Waals surface area (Å²) in [6, 6.07) is 5.45. The smallest absolute Gasteiger partial charge is 0 e. The number of hydrogen-bond acceptors (Lipinski definition) is 4. The molecule has 217 valence electrons. The van der Waals surface area contributed by atoms with Crippen molar-refractivity contribution in [2.75, 3.05) is 25.4 Å². The summed E-state index contributed by atoms with van der Waals surface area (Å²) in [7, 11) is 9.59. The zero-order chi connectivity index (χ0) is 26.3. The Hall–Kier alpha value is -0.351. The van der Waals surface area contributed by atoms with Crippen molar-refractivity contribution in [3.8, 4) is 0 Å². The van der Waals surface area contributed by atoms with E-state index in [4.69, 9.17) is 51.2 Å². The molecule has 0 saturated heterocycles. The molecule has 1 aromatic rings. The van der Waals surface area contributed by atoms with Crippen molar-refractivity contribution in [3.05, 3.63) is 57.4 Å². The van der Waals surface area contributed by atoms with Gasteiger partial charge in [-0.15, -0.1) is 24.9 Å². The second-order valence-corrected chi connectivity index (χ2v) is 12.5. The van der Waals surface area contributed by atoms with Crippen molar-refractivity contribution < 1.29 is 28.4 Å². The van der Waals surface area contributed by atoms with E-state index in [1.807, 2.05) is 0 Å². The number of esters is 1. The maximum atomic E-state index is 11.3. The van der Waals surface area contributed by atoms with Crippen molar-refractivity contribution in [1.29, 1.82) is 0 Å². The minimum atomic E-state index is -0.383. The van der Waals surface area contributed by atoms with Crippen LogP contribution in [0.1, 0.15) is 68.5 Å². The maximum Gasteiger partial charge on any atom is 0 e. The molecule has 2 aliphatic carbocycles. The van der Waals surface area contributed by atoms with Crippen LogP contribution in [-0.4, -0.2) is 60.6 Å². The number of thioether (sulfide) groups is 1. The minimum Gasteiger partial charge on any atom is 0 e. The summed E-state index contributed by atoms with van der Waals surface area (Å²) in [4.78, 5) is 17.4. The fraction of sp³-hybridized carbons (Fsp3) is 0.692. The third-order valence-electron chi connectivity index (χ3n) is 6.86. The van der Waals surface area contributed by atoms with Crippen LogP contribution in [0.15, 0.2) is 29.7 Å². The van der Waals surface area contributed by atoms with E-state index in [1.54, 1.807) is 11.8 Å². The number of carbonyl (C=O) groups is 1. The Morgan fingerprint density at radius 3 is 1.89 bits per heavy atom. The maximum absolute atomic E-state index is 11.3. The molecular weight excluding hydrogens is 572 g/mol. The van der Waals surface area contributed by atoms with E-state index in [-0.39, 0.29) is 36.9 Å². The Bertz CT molecular complexity index is 811. The molecule has 3 aliphatic rings. The number of pyridine rings is 1. The van der Waals surface area contributed by atoms with Crippen LogP contribution in [-0.2, 0) is 35.8 Å². The number of fused-ring (bicyclic) bond motifs is 4. The summed E-state index contributed by atoms with van der Waals surface area (Å²) in [5.41, 5.74) is 1.98. The van der Waals surface area contributed by atoms with E-state index in [2.05, 4.69) is 18.7 Å². The van der Waals surface area contributed by atoms with Crippen LogP contribution in [0.5, 0.6) is 0 Å². The molecule has 0 amide bonds. The summed E-state index contributed by atoms with van der Waals surface area (Å²) in [5.74, 6) is 0.302. The summed E-state index contributed by atoms with van der Waals surface area (Å²) in [5, 5.41) is 20.2. The Balaban J connectivity index is 0. The van der Waals surface area contributed by atoms with Gasteiger partial charge in [0.25, 0.3) is 0 Å². The standard InChI is InChI=1S/C26H37N5O2S.2ClH.Mn.4H2/c1-2-26(32)33-13-14-34-21-15-19-17-29-24-9-5-3-7-22(24)27-11-12-28-23-8-4-6-10-25(23)30-18-20(16-21)31-19;;;;;;;/h2,15-16,22-25H,1,3-14,17-18H2;2*1H;;4*1H/q-4;;;+2;;;;/p-2/t22-,23?,24-,25?;;;;;;;/m1......./s1. The van der Waals surface area contributed by atoms with Gasteiger partial charge >= 0.3 is 39.3 Å². The predicted octanol–water partition coefficient (Wildman–Crippen LogP) is 8.39. The van der Waals surface area contributed by atoms with Crippen LogP contribution in [0.3, 0.4) is 0 Å². The van der Waals surface area contributed by atoms with Crippen molar-refractivity contribution in [3.63, 3.8) is 0 Å². The van der Waals surface area contributed by atoms with Crippen molar-refractivity contribution >= 4 is 37.9 Å². The molecule has 2 fully saturated rings. The predicted molar refractivity (Wildman–Crippen MR) is 159 cm³/mol. The van der Waals surface area contributed by atoms with Crippen molar-refractivity contribution in [1.82, 2.24) is 4.98 Å². The second-order valence-electron chi connectivity index (χ2n) is 9.39. The number of carbonyl (C=O) groups excluding carboxylic acids is 1. The molecule has 11 heteroatoms. The van der Waals surface area contributed by atoms with Gasteiger partial charge in [-0.3, -0.25) is 4.98 Å². The number of ether oxygens (including phenoxy) is 1. The zero-order valence-electron chi connectivity index (χ0n) is 21.2. The van der Waals surface area contributed by atoms with Crippen LogP contribution in [0.25, 0.3) is 21.3 Å².